The van der Waals surface area contributed by atoms with Crippen molar-refractivity contribution < 1.29 is 22.4 Å². The van der Waals surface area contributed by atoms with E-state index in [1.807, 2.05) is 34.6 Å². The summed E-state index contributed by atoms with van der Waals surface area (Å²) in [5, 5.41) is 3.38. The fraction of sp³-hybridized carbons (Fsp3) is 0.133. The fourth-order valence-corrected chi connectivity index (χ4v) is 2.38. The zero-order valence-corrected chi connectivity index (χ0v) is 12.8. The zero-order valence-electron chi connectivity index (χ0n) is 12.8. The van der Waals surface area contributed by atoms with Crippen LogP contribution in [-0.2, 0) is 13.2 Å². The molecule has 0 atom stereocenters. The Kier molecular flexibility index (Phi) is 3.27. The first-order valence-corrected chi connectivity index (χ1v) is 7.12. The number of alkyl halides is 3. The van der Waals surface area contributed by atoms with E-state index in [9.17, 15) is 13.2 Å². The highest BCUT2D eigenvalue weighted by Gasteiger charge is 2.38. The third-order valence-corrected chi connectivity index (χ3v) is 3.61. The molecule has 10 heteroatoms. The van der Waals surface area contributed by atoms with Crippen LogP contribution in [-0.4, -0.2) is 24.6 Å². The molecule has 4 aromatic rings. The van der Waals surface area contributed by atoms with Crippen LogP contribution in [0.25, 0.3) is 28.3 Å². The molecule has 0 saturated heterocycles. The molecule has 4 heterocycles. The SMILES string of the molecule is C[n+]1ccc2cc(-c3cc(-c4noc(C(F)(F)F)n4)ccn3)ncn21. The minimum atomic E-state index is -4.68. The lowest BCUT2D eigenvalue weighted by atomic mass is 10.2. The first-order valence-electron chi connectivity index (χ1n) is 7.12. The van der Waals surface area contributed by atoms with Crippen LogP contribution in [0.4, 0.5) is 13.2 Å². The van der Waals surface area contributed by atoms with Gasteiger partial charge in [-0.05, 0) is 18.2 Å². The fourth-order valence-electron chi connectivity index (χ4n) is 2.38. The molecule has 4 aromatic heterocycles. The molecule has 0 saturated carbocycles. The maximum atomic E-state index is 12.6. The predicted molar refractivity (Wildman–Crippen MR) is 77.9 cm³/mol. The lowest BCUT2D eigenvalue weighted by Gasteiger charge is -2.02. The number of fused-ring (bicyclic) bond motifs is 1. The minimum absolute atomic E-state index is 0.161. The van der Waals surface area contributed by atoms with Crippen molar-refractivity contribution in [2.75, 3.05) is 0 Å². The van der Waals surface area contributed by atoms with E-state index >= 15 is 0 Å². The molecule has 0 aliphatic heterocycles. The molecule has 0 amide bonds. The summed E-state index contributed by atoms with van der Waals surface area (Å²) in [5.74, 6) is -1.55. The lowest BCUT2D eigenvalue weighted by Crippen LogP contribution is -2.33. The van der Waals surface area contributed by atoms with Gasteiger partial charge >= 0.3 is 12.1 Å². The average molecular weight is 347 g/mol. The third kappa shape index (κ3) is 2.71. The summed E-state index contributed by atoms with van der Waals surface area (Å²) in [6, 6.07) is 6.80. The van der Waals surface area contributed by atoms with Gasteiger partial charge in [-0.3, -0.25) is 4.98 Å². The number of aromatic nitrogens is 6. The number of hydrogen-bond acceptors (Lipinski definition) is 5. The van der Waals surface area contributed by atoms with Crippen LogP contribution in [0.2, 0.25) is 0 Å². The van der Waals surface area contributed by atoms with Crippen molar-refractivity contribution in [1.82, 2.24) is 24.6 Å². The maximum Gasteiger partial charge on any atom is 0.471 e. The Morgan fingerprint density at radius 1 is 1.12 bits per heavy atom. The molecule has 0 aliphatic rings. The van der Waals surface area contributed by atoms with Crippen LogP contribution in [0.1, 0.15) is 5.89 Å². The third-order valence-electron chi connectivity index (χ3n) is 3.61. The van der Waals surface area contributed by atoms with Gasteiger partial charge in [-0.2, -0.15) is 18.2 Å². The number of halogens is 3. The highest BCUT2D eigenvalue weighted by Crippen LogP contribution is 2.30. The van der Waals surface area contributed by atoms with Crippen LogP contribution in [0, 0.1) is 0 Å². The average Bonchev–Trinajstić information content (AvgIpc) is 3.22. The van der Waals surface area contributed by atoms with E-state index in [2.05, 4.69) is 24.6 Å². The Morgan fingerprint density at radius 3 is 2.68 bits per heavy atom. The molecule has 0 aliphatic carbocycles. The summed E-state index contributed by atoms with van der Waals surface area (Å²) in [4.78, 5) is 11.9. The Bertz CT molecular complexity index is 1070. The molecule has 4 rings (SSSR count). The quantitative estimate of drug-likeness (QED) is 0.520. The van der Waals surface area contributed by atoms with Gasteiger partial charge in [-0.25, -0.2) is 4.98 Å². The van der Waals surface area contributed by atoms with E-state index in [0.29, 0.717) is 17.0 Å². The van der Waals surface area contributed by atoms with Crippen molar-refractivity contribution in [1.29, 1.82) is 0 Å². The highest BCUT2D eigenvalue weighted by molar-refractivity contribution is 5.66. The van der Waals surface area contributed by atoms with Crippen molar-refractivity contribution in [3.05, 3.63) is 48.9 Å². The molecule has 0 unspecified atom stereocenters. The molecule has 0 bridgehead atoms. The van der Waals surface area contributed by atoms with Gasteiger partial charge in [0.2, 0.25) is 5.82 Å². The zero-order chi connectivity index (χ0) is 17.6. The largest absolute Gasteiger partial charge is 0.471 e. The standard InChI is InChI=1S/C15H10F3N6O/c1-23-5-3-10-7-12(20-8-24(10)23)11-6-9(2-4-19-11)13-21-14(25-22-13)15(16,17)18/h2-8H,1H3/q+1. The van der Waals surface area contributed by atoms with Crippen LogP contribution in [0.5, 0.6) is 0 Å². The van der Waals surface area contributed by atoms with Gasteiger partial charge in [0.15, 0.2) is 19.6 Å². The van der Waals surface area contributed by atoms with Crippen molar-refractivity contribution >= 4 is 5.52 Å². The van der Waals surface area contributed by atoms with Crippen molar-refractivity contribution in [3.63, 3.8) is 0 Å². The first-order chi connectivity index (χ1) is 11.9. The smallest absolute Gasteiger partial charge is 0.329 e. The molecule has 25 heavy (non-hydrogen) atoms. The normalized spacial score (nSPS) is 12.0. The van der Waals surface area contributed by atoms with Crippen LogP contribution < -0.4 is 4.68 Å². The molecular weight excluding hydrogens is 337 g/mol. The van der Waals surface area contributed by atoms with Gasteiger partial charge in [0.1, 0.15) is 5.52 Å². The minimum Gasteiger partial charge on any atom is -0.329 e. The van der Waals surface area contributed by atoms with Gasteiger partial charge in [-0.15, -0.1) is 9.20 Å². The van der Waals surface area contributed by atoms with E-state index in [-0.39, 0.29) is 5.82 Å². The number of rotatable bonds is 2. The number of aryl methyl sites for hydroxylation is 1. The summed E-state index contributed by atoms with van der Waals surface area (Å²) in [6.07, 6.45) is 0.286. The maximum absolute atomic E-state index is 12.6. The first kappa shape index (κ1) is 15.2. The van der Waals surface area contributed by atoms with Crippen molar-refractivity contribution in [2.45, 2.75) is 6.18 Å². The van der Waals surface area contributed by atoms with Crippen LogP contribution in [0.15, 0.2) is 47.5 Å². The Hall–Kier alpha value is -3.30. The molecule has 0 fully saturated rings. The Labute approximate surface area is 138 Å². The van der Waals surface area contributed by atoms with Gasteiger partial charge in [0.25, 0.3) is 0 Å². The monoisotopic (exact) mass is 347 g/mol. The second-order valence-corrected chi connectivity index (χ2v) is 5.28. The Balaban J connectivity index is 1.74. The summed E-state index contributed by atoms with van der Waals surface area (Å²) in [5.41, 5.74) is 2.32. The second-order valence-electron chi connectivity index (χ2n) is 5.28. The van der Waals surface area contributed by atoms with Gasteiger partial charge in [0, 0.05) is 17.8 Å². The number of pyridine rings is 1. The van der Waals surface area contributed by atoms with E-state index in [4.69, 9.17) is 0 Å². The van der Waals surface area contributed by atoms with Crippen LogP contribution >= 0.6 is 0 Å². The van der Waals surface area contributed by atoms with Crippen molar-refractivity contribution in [3.8, 4) is 22.8 Å². The summed E-state index contributed by atoms with van der Waals surface area (Å²) < 4.78 is 45.7. The number of nitrogens with zero attached hydrogens (tertiary/aromatic N) is 6. The molecule has 0 radical (unpaired) electrons. The molecule has 7 nitrogen and oxygen atoms in total. The lowest BCUT2D eigenvalue weighted by molar-refractivity contribution is -0.737. The second kappa shape index (κ2) is 5.36. The molecule has 0 N–H and O–H groups in total. The summed E-state index contributed by atoms with van der Waals surface area (Å²) >= 11 is 0. The van der Waals surface area contributed by atoms with E-state index in [1.165, 1.54) is 12.3 Å². The van der Waals surface area contributed by atoms with E-state index in [1.54, 1.807) is 12.4 Å². The van der Waals surface area contributed by atoms with Gasteiger partial charge in [-0.1, -0.05) is 5.16 Å². The van der Waals surface area contributed by atoms with E-state index in [0.717, 1.165) is 5.52 Å². The highest BCUT2D eigenvalue weighted by atomic mass is 19.4. The Morgan fingerprint density at radius 2 is 1.92 bits per heavy atom. The van der Waals surface area contributed by atoms with Gasteiger partial charge < -0.3 is 4.52 Å². The summed E-state index contributed by atoms with van der Waals surface area (Å²) in [7, 11) is 1.88. The predicted octanol–water partition coefficient (Wildman–Crippen LogP) is 2.29. The number of hydrogen-bond donors (Lipinski definition) is 0. The molecular formula is C15H10F3N6O+. The molecule has 0 spiro atoms. The summed E-state index contributed by atoms with van der Waals surface area (Å²) in [6.45, 7) is 0. The van der Waals surface area contributed by atoms with Gasteiger partial charge in [0.05, 0.1) is 11.4 Å². The van der Waals surface area contributed by atoms with Crippen molar-refractivity contribution in [2.24, 2.45) is 7.05 Å². The molecule has 126 valence electrons. The molecule has 0 aromatic carbocycles. The topological polar surface area (TPSA) is 73.0 Å². The van der Waals surface area contributed by atoms with Crippen LogP contribution in [0.3, 0.4) is 0 Å². The van der Waals surface area contributed by atoms with E-state index < -0.39 is 12.1 Å².